The lowest BCUT2D eigenvalue weighted by molar-refractivity contribution is 0.0174. The highest BCUT2D eigenvalue weighted by atomic mass is 79.9. The van der Waals surface area contributed by atoms with Crippen LogP contribution in [0.5, 0.6) is 0 Å². The number of rotatable bonds is 5. The number of isocyanates is 1. The Morgan fingerprint density at radius 1 is 1.31 bits per heavy atom. The number of aliphatic hydroxyl groups excluding tert-OH is 2. The van der Waals surface area contributed by atoms with E-state index in [1.54, 1.807) is 24.3 Å². The van der Waals surface area contributed by atoms with Gasteiger partial charge in [-0.05, 0) is 24.1 Å². The van der Waals surface area contributed by atoms with Crippen molar-refractivity contribution in [2.24, 2.45) is 4.99 Å². The quantitative estimate of drug-likeness (QED) is 0.493. The third-order valence-corrected chi connectivity index (χ3v) is 2.64. The van der Waals surface area contributed by atoms with Gasteiger partial charge in [0.1, 0.15) is 6.10 Å². The van der Waals surface area contributed by atoms with Crippen LogP contribution in [0, 0.1) is 0 Å². The van der Waals surface area contributed by atoms with Crippen molar-refractivity contribution in [2.45, 2.75) is 18.6 Å². The van der Waals surface area contributed by atoms with Gasteiger partial charge in [-0.2, -0.15) is 4.99 Å². The van der Waals surface area contributed by atoms with Crippen molar-refractivity contribution in [3.8, 4) is 0 Å². The molecule has 0 fully saturated rings. The summed E-state index contributed by atoms with van der Waals surface area (Å²) in [6, 6.07) is 6.42. The molecule has 2 atom stereocenters. The Kier molecular flexibility index (Phi) is 5.35. The van der Waals surface area contributed by atoms with Gasteiger partial charge in [0.05, 0.1) is 11.8 Å². The first-order valence-corrected chi connectivity index (χ1v) is 5.91. The second kappa shape index (κ2) is 6.55. The Balaban J connectivity index is 2.76. The molecule has 0 radical (unpaired) electrons. The average Bonchev–Trinajstić information content (AvgIpc) is 2.30. The number of hydrogen-bond acceptors (Lipinski definition) is 4. The van der Waals surface area contributed by atoms with Crippen molar-refractivity contribution in [2.75, 3.05) is 5.33 Å². The summed E-state index contributed by atoms with van der Waals surface area (Å²) >= 11 is 3.19. The van der Waals surface area contributed by atoms with Crippen LogP contribution in [-0.2, 0) is 4.79 Å². The minimum atomic E-state index is -0.924. The molecule has 0 heterocycles. The second-order valence-electron chi connectivity index (χ2n) is 3.28. The molecular weight excluding hydrogens is 274 g/mol. The third-order valence-electron chi connectivity index (χ3n) is 2.18. The predicted octanol–water partition coefficient (Wildman–Crippen LogP) is 1.83. The molecular formula is C11H12BrNO3. The molecule has 16 heavy (non-hydrogen) atoms. The molecule has 1 rings (SSSR count). The van der Waals surface area contributed by atoms with Crippen LogP contribution in [0.3, 0.4) is 0 Å². The van der Waals surface area contributed by atoms with E-state index in [1.807, 2.05) is 0 Å². The summed E-state index contributed by atoms with van der Waals surface area (Å²) < 4.78 is 0. The highest BCUT2D eigenvalue weighted by Crippen LogP contribution is 2.22. The zero-order chi connectivity index (χ0) is 12.0. The zero-order valence-corrected chi connectivity index (χ0v) is 10.1. The normalized spacial score (nSPS) is 13.9. The molecule has 0 aliphatic heterocycles. The Morgan fingerprint density at radius 2 is 1.94 bits per heavy atom. The Labute approximate surface area is 102 Å². The summed E-state index contributed by atoms with van der Waals surface area (Å²) in [4.78, 5) is 13.4. The maximum absolute atomic E-state index is 10.0. The second-order valence-corrected chi connectivity index (χ2v) is 4.08. The molecule has 86 valence electrons. The van der Waals surface area contributed by atoms with E-state index in [9.17, 15) is 15.0 Å². The maximum atomic E-state index is 10.0. The molecule has 0 saturated heterocycles. The summed E-state index contributed by atoms with van der Waals surface area (Å²) in [6.07, 6.45) is 0.170. The molecule has 0 aromatic heterocycles. The molecule has 2 unspecified atom stereocenters. The van der Waals surface area contributed by atoms with Gasteiger partial charge in [-0.15, -0.1) is 0 Å². The highest BCUT2D eigenvalue weighted by Gasteiger charge is 2.17. The molecule has 1 aromatic carbocycles. The van der Waals surface area contributed by atoms with Gasteiger partial charge < -0.3 is 10.2 Å². The van der Waals surface area contributed by atoms with Crippen molar-refractivity contribution in [1.29, 1.82) is 0 Å². The zero-order valence-electron chi connectivity index (χ0n) is 8.51. The number of carbonyl (C=O) groups excluding carboxylic acids is 1. The Hall–Kier alpha value is -1.00. The highest BCUT2D eigenvalue weighted by molar-refractivity contribution is 9.09. The van der Waals surface area contributed by atoms with Crippen LogP contribution < -0.4 is 0 Å². The fraction of sp³-hybridized carbons (Fsp3) is 0.364. The summed E-state index contributed by atoms with van der Waals surface area (Å²) in [6.45, 7) is 0. The predicted molar refractivity (Wildman–Crippen MR) is 63.6 cm³/mol. The van der Waals surface area contributed by atoms with Crippen LogP contribution in [0.25, 0.3) is 0 Å². The van der Waals surface area contributed by atoms with Crippen molar-refractivity contribution in [3.63, 3.8) is 0 Å². The van der Waals surface area contributed by atoms with E-state index >= 15 is 0 Å². The van der Waals surface area contributed by atoms with E-state index in [-0.39, 0.29) is 0 Å². The summed E-state index contributed by atoms with van der Waals surface area (Å²) in [5.74, 6) is 0. The van der Waals surface area contributed by atoms with E-state index in [1.165, 1.54) is 6.08 Å². The number of benzene rings is 1. The van der Waals surface area contributed by atoms with Gasteiger partial charge in [-0.1, -0.05) is 28.1 Å². The monoisotopic (exact) mass is 285 g/mol. The first-order valence-electron chi connectivity index (χ1n) is 4.79. The Bertz CT molecular complexity index is 373. The summed E-state index contributed by atoms with van der Waals surface area (Å²) in [7, 11) is 0. The average molecular weight is 286 g/mol. The van der Waals surface area contributed by atoms with E-state index in [4.69, 9.17) is 0 Å². The molecule has 0 aliphatic rings. The van der Waals surface area contributed by atoms with E-state index in [0.29, 0.717) is 23.0 Å². The molecule has 0 aliphatic carbocycles. The standard InChI is InChI=1S/C11H12BrNO3/c12-6-5-10(15)11(16)8-1-3-9(4-2-8)13-7-14/h1-4,10-11,15-16H,5-6H2. The van der Waals surface area contributed by atoms with E-state index < -0.39 is 12.2 Å². The molecule has 1 aromatic rings. The van der Waals surface area contributed by atoms with Gasteiger partial charge in [0, 0.05) is 5.33 Å². The van der Waals surface area contributed by atoms with Crippen LogP contribution in [0.2, 0.25) is 0 Å². The van der Waals surface area contributed by atoms with Gasteiger partial charge in [-0.25, -0.2) is 4.79 Å². The number of hydrogen-bond donors (Lipinski definition) is 2. The number of aliphatic imine (C=N–C) groups is 1. The fourth-order valence-electron chi connectivity index (χ4n) is 1.29. The molecule has 2 N–H and O–H groups in total. The van der Waals surface area contributed by atoms with Crippen molar-refractivity contribution >= 4 is 27.7 Å². The van der Waals surface area contributed by atoms with Gasteiger partial charge in [-0.3, -0.25) is 0 Å². The van der Waals surface area contributed by atoms with Crippen LogP contribution in [-0.4, -0.2) is 27.7 Å². The first kappa shape index (κ1) is 13.1. The lowest BCUT2D eigenvalue weighted by Gasteiger charge is -2.17. The molecule has 0 amide bonds. The van der Waals surface area contributed by atoms with E-state index in [2.05, 4.69) is 20.9 Å². The Morgan fingerprint density at radius 3 is 2.44 bits per heavy atom. The molecule has 5 heteroatoms. The molecule has 0 saturated carbocycles. The van der Waals surface area contributed by atoms with Crippen LogP contribution >= 0.6 is 15.9 Å². The van der Waals surface area contributed by atoms with Gasteiger partial charge >= 0.3 is 0 Å². The largest absolute Gasteiger partial charge is 0.390 e. The minimum absolute atomic E-state index is 0.468. The number of alkyl halides is 1. The van der Waals surface area contributed by atoms with Gasteiger partial charge in [0.25, 0.3) is 0 Å². The van der Waals surface area contributed by atoms with E-state index in [0.717, 1.165) is 0 Å². The van der Waals surface area contributed by atoms with Crippen LogP contribution in [0.1, 0.15) is 18.1 Å². The molecule has 0 bridgehead atoms. The smallest absolute Gasteiger partial charge is 0.240 e. The minimum Gasteiger partial charge on any atom is -0.390 e. The first-order chi connectivity index (χ1) is 7.69. The van der Waals surface area contributed by atoms with Crippen LogP contribution in [0.15, 0.2) is 29.3 Å². The van der Waals surface area contributed by atoms with Crippen molar-refractivity contribution in [1.82, 2.24) is 0 Å². The fourth-order valence-corrected chi connectivity index (χ4v) is 1.76. The summed E-state index contributed by atoms with van der Waals surface area (Å²) in [5.41, 5.74) is 1.07. The van der Waals surface area contributed by atoms with Crippen molar-refractivity contribution in [3.05, 3.63) is 29.8 Å². The number of nitrogens with zero attached hydrogens (tertiary/aromatic N) is 1. The molecule has 4 nitrogen and oxygen atoms in total. The lowest BCUT2D eigenvalue weighted by atomic mass is 10.0. The molecule has 0 spiro atoms. The van der Waals surface area contributed by atoms with Crippen molar-refractivity contribution < 1.29 is 15.0 Å². The van der Waals surface area contributed by atoms with Gasteiger partial charge in [0.2, 0.25) is 6.08 Å². The third kappa shape index (κ3) is 3.54. The SMILES string of the molecule is O=C=Nc1ccc(C(O)C(O)CCBr)cc1. The van der Waals surface area contributed by atoms with Gasteiger partial charge in [0.15, 0.2) is 0 Å². The maximum Gasteiger partial charge on any atom is 0.240 e. The van der Waals surface area contributed by atoms with Crippen LogP contribution in [0.4, 0.5) is 5.69 Å². The topological polar surface area (TPSA) is 69.9 Å². The number of halogens is 1. The summed E-state index contributed by atoms with van der Waals surface area (Å²) in [5, 5.41) is 20.0. The number of aliphatic hydroxyl groups is 2. The lowest BCUT2D eigenvalue weighted by Crippen LogP contribution is -2.18.